The van der Waals surface area contributed by atoms with Crippen LogP contribution in [0.15, 0.2) is 55.1 Å². The second-order valence-electron chi connectivity index (χ2n) is 7.02. The topological polar surface area (TPSA) is 81.1 Å². The zero-order valence-electron chi connectivity index (χ0n) is 16.0. The van der Waals surface area contributed by atoms with Gasteiger partial charge in [-0.2, -0.15) is 0 Å². The molecule has 2 aromatic heterocycles. The summed E-state index contributed by atoms with van der Waals surface area (Å²) in [4.78, 5) is 21.2. The predicted octanol–water partition coefficient (Wildman–Crippen LogP) is 3.61. The van der Waals surface area contributed by atoms with Gasteiger partial charge in [-0.3, -0.25) is 4.79 Å². The second-order valence-corrected chi connectivity index (χ2v) is 7.46. The molecule has 1 aromatic carbocycles. The number of nitrogens with zero attached hydrogens (tertiary/aromatic N) is 3. The van der Waals surface area contributed by atoms with Gasteiger partial charge in [-0.1, -0.05) is 23.7 Å². The third-order valence-electron chi connectivity index (χ3n) is 4.83. The molecule has 0 saturated carbocycles. The highest BCUT2D eigenvalue weighted by Gasteiger charge is 2.17. The van der Waals surface area contributed by atoms with E-state index in [0.29, 0.717) is 17.3 Å². The van der Waals surface area contributed by atoms with Crippen LogP contribution in [-0.4, -0.2) is 39.7 Å². The fraction of sp³-hybridized carbons (Fsp3) is 0.286. The van der Waals surface area contributed by atoms with Crippen LogP contribution < -0.4 is 10.6 Å². The van der Waals surface area contributed by atoms with Gasteiger partial charge in [-0.25, -0.2) is 9.97 Å². The smallest absolute Gasteiger partial charge is 0.271 e. The number of nitrogens with one attached hydrogen (secondary N) is 2. The van der Waals surface area contributed by atoms with E-state index < -0.39 is 0 Å². The van der Waals surface area contributed by atoms with Crippen molar-refractivity contribution < 1.29 is 9.53 Å². The van der Waals surface area contributed by atoms with Gasteiger partial charge in [0.25, 0.3) is 5.91 Å². The molecule has 150 valence electrons. The standard InChI is InChI=1S/C21H22ClN5O2/c1-14(15-3-2-4-16(22)9-15)25-21(28)19-11-27(13-24-19)18-5-7-23-20(10-18)26-17-6-8-29-12-17/h2-5,7,9-11,13-14,17H,6,8,12H2,1H3,(H,23,26)(H,25,28)/t14-,17?/m1/s1. The zero-order chi connectivity index (χ0) is 20.2. The lowest BCUT2D eigenvalue weighted by atomic mass is 10.1. The van der Waals surface area contributed by atoms with Crippen molar-refractivity contribution in [3.05, 3.63) is 71.4 Å². The Hall–Kier alpha value is -2.90. The first kappa shape index (κ1) is 19.4. The number of hydrogen-bond donors (Lipinski definition) is 2. The summed E-state index contributed by atoms with van der Waals surface area (Å²) in [6, 6.07) is 11.3. The molecule has 0 aliphatic carbocycles. The first-order valence-corrected chi connectivity index (χ1v) is 9.87. The summed E-state index contributed by atoms with van der Waals surface area (Å²) in [5.41, 5.74) is 2.15. The van der Waals surface area contributed by atoms with Crippen LogP contribution in [0.2, 0.25) is 5.02 Å². The molecule has 1 saturated heterocycles. The SMILES string of the molecule is C[C@@H](NC(=O)c1cn(-c2ccnc(NC3CCOC3)c2)cn1)c1cccc(Cl)c1. The monoisotopic (exact) mass is 411 g/mol. The van der Waals surface area contributed by atoms with Crippen molar-refractivity contribution in [2.24, 2.45) is 0 Å². The number of ether oxygens (including phenoxy) is 1. The second kappa shape index (κ2) is 8.63. The van der Waals surface area contributed by atoms with Crippen LogP contribution in [0.4, 0.5) is 5.82 Å². The van der Waals surface area contributed by atoms with Crippen LogP contribution in [0.1, 0.15) is 35.4 Å². The Morgan fingerprint density at radius 3 is 3.00 bits per heavy atom. The molecule has 7 nitrogen and oxygen atoms in total. The highest BCUT2D eigenvalue weighted by Crippen LogP contribution is 2.19. The summed E-state index contributed by atoms with van der Waals surface area (Å²) >= 11 is 6.03. The number of amides is 1. The third-order valence-corrected chi connectivity index (χ3v) is 5.07. The van der Waals surface area contributed by atoms with Gasteiger partial charge in [0.1, 0.15) is 17.8 Å². The van der Waals surface area contributed by atoms with Crippen LogP contribution in [0, 0.1) is 0 Å². The van der Waals surface area contributed by atoms with Gasteiger partial charge in [-0.05, 0) is 37.1 Å². The lowest BCUT2D eigenvalue weighted by Gasteiger charge is -2.13. The van der Waals surface area contributed by atoms with E-state index in [9.17, 15) is 4.79 Å². The number of benzene rings is 1. The third kappa shape index (κ3) is 4.75. The molecule has 8 heteroatoms. The van der Waals surface area contributed by atoms with Gasteiger partial charge >= 0.3 is 0 Å². The first-order valence-electron chi connectivity index (χ1n) is 9.49. The van der Waals surface area contributed by atoms with Crippen LogP contribution in [0.3, 0.4) is 0 Å². The average molecular weight is 412 g/mol. The summed E-state index contributed by atoms with van der Waals surface area (Å²) < 4.78 is 7.19. The summed E-state index contributed by atoms with van der Waals surface area (Å²) in [6.45, 7) is 3.37. The number of rotatable bonds is 6. The molecule has 0 bridgehead atoms. The molecular weight excluding hydrogens is 390 g/mol. The van der Waals surface area contributed by atoms with E-state index in [-0.39, 0.29) is 18.0 Å². The molecule has 1 aliphatic rings. The minimum atomic E-state index is -0.244. The zero-order valence-corrected chi connectivity index (χ0v) is 16.8. The highest BCUT2D eigenvalue weighted by molar-refractivity contribution is 6.30. The maximum Gasteiger partial charge on any atom is 0.271 e. The van der Waals surface area contributed by atoms with Crippen molar-refractivity contribution in [1.82, 2.24) is 19.9 Å². The first-order chi connectivity index (χ1) is 14.1. The summed E-state index contributed by atoms with van der Waals surface area (Å²) in [6.07, 6.45) is 6.02. The van der Waals surface area contributed by atoms with Crippen LogP contribution in [0.5, 0.6) is 0 Å². The van der Waals surface area contributed by atoms with Crippen molar-refractivity contribution in [3.8, 4) is 5.69 Å². The van der Waals surface area contributed by atoms with Crippen LogP contribution in [-0.2, 0) is 4.74 Å². The fourth-order valence-electron chi connectivity index (χ4n) is 3.23. The Bertz CT molecular complexity index is 1000. The van der Waals surface area contributed by atoms with E-state index in [1.54, 1.807) is 29.4 Å². The van der Waals surface area contributed by atoms with E-state index in [0.717, 1.165) is 30.1 Å². The average Bonchev–Trinajstić information content (AvgIpc) is 3.40. The van der Waals surface area contributed by atoms with E-state index >= 15 is 0 Å². The Balaban J connectivity index is 1.44. The lowest BCUT2D eigenvalue weighted by Crippen LogP contribution is -2.26. The van der Waals surface area contributed by atoms with E-state index in [1.807, 2.05) is 37.3 Å². The Kier molecular flexibility index (Phi) is 5.78. The maximum atomic E-state index is 12.6. The fourth-order valence-corrected chi connectivity index (χ4v) is 3.43. The van der Waals surface area contributed by atoms with E-state index in [2.05, 4.69) is 20.6 Å². The van der Waals surface area contributed by atoms with Crippen molar-refractivity contribution in [1.29, 1.82) is 0 Å². The molecule has 2 N–H and O–H groups in total. The molecule has 4 rings (SSSR count). The van der Waals surface area contributed by atoms with Gasteiger partial charge < -0.3 is 19.9 Å². The van der Waals surface area contributed by atoms with Gasteiger partial charge in [0.2, 0.25) is 0 Å². The molecule has 29 heavy (non-hydrogen) atoms. The number of anilines is 1. The molecule has 1 fully saturated rings. The van der Waals surface area contributed by atoms with E-state index in [1.165, 1.54) is 0 Å². The van der Waals surface area contributed by atoms with Crippen molar-refractivity contribution in [2.45, 2.75) is 25.4 Å². The maximum absolute atomic E-state index is 12.6. The van der Waals surface area contributed by atoms with Gasteiger partial charge in [-0.15, -0.1) is 0 Å². The lowest BCUT2D eigenvalue weighted by molar-refractivity contribution is 0.0935. The largest absolute Gasteiger partial charge is 0.379 e. The minimum absolute atomic E-state index is 0.184. The van der Waals surface area contributed by atoms with E-state index in [4.69, 9.17) is 16.3 Å². The van der Waals surface area contributed by atoms with Gasteiger partial charge in [0.05, 0.1) is 24.4 Å². The molecule has 3 heterocycles. The van der Waals surface area contributed by atoms with Crippen molar-refractivity contribution in [2.75, 3.05) is 18.5 Å². The Morgan fingerprint density at radius 1 is 1.31 bits per heavy atom. The Labute approximate surface area is 174 Å². The molecule has 1 unspecified atom stereocenters. The number of carbonyl (C=O) groups excluding carboxylic acids is 1. The Morgan fingerprint density at radius 2 is 2.21 bits per heavy atom. The number of halogens is 1. The summed E-state index contributed by atoms with van der Waals surface area (Å²) in [5.74, 6) is 0.527. The minimum Gasteiger partial charge on any atom is -0.379 e. The normalized spacial score (nSPS) is 17.1. The molecule has 1 aliphatic heterocycles. The number of imidazole rings is 1. The van der Waals surface area contributed by atoms with Crippen molar-refractivity contribution >= 4 is 23.3 Å². The molecule has 3 aromatic rings. The predicted molar refractivity (Wildman–Crippen MR) is 112 cm³/mol. The van der Waals surface area contributed by atoms with Gasteiger partial charge in [0.15, 0.2) is 0 Å². The summed E-state index contributed by atoms with van der Waals surface area (Å²) in [5, 5.41) is 6.96. The molecule has 0 spiro atoms. The number of aromatic nitrogens is 3. The molecule has 0 radical (unpaired) electrons. The van der Waals surface area contributed by atoms with Crippen LogP contribution >= 0.6 is 11.6 Å². The molecule has 1 amide bonds. The molecule has 2 atom stereocenters. The number of hydrogen-bond acceptors (Lipinski definition) is 5. The quantitative estimate of drug-likeness (QED) is 0.647. The van der Waals surface area contributed by atoms with Crippen molar-refractivity contribution in [3.63, 3.8) is 0 Å². The highest BCUT2D eigenvalue weighted by atomic mass is 35.5. The van der Waals surface area contributed by atoms with Gasteiger partial charge in [0, 0.05) is 30.1 Å². The number of carbonyl (C=O) groups is 1. The summed E-state index contributed by atoms with van der Waals surface area (Å²) in [7, 11) is 0. The number of pyridine rings is 1. The molecular formula is C21H22ClN5O2. The van der Waals surface area contributed by atoms with Crippen LogP contribution in [0.25, 0.3) is 5.69 Å².